The smallest absolute Gasteiger partial charge is 0.298 e. The van der Waals surface area contributed by atoms with Gasteiger partial charge in [0.05, 0.1) is 12.1 Å². The first-order chi connectivity index (χ1) is 11.2. The molecule has 2 heterocycles. The van der Waals surface area contributed by atoms with E-state index in [-0.39, 0.29) is 13.0 Å². The molecular formula is C17H19N3O4. The molecule has 0 saturated carbocycles. The number of benzene rings is 1. The number of hydrogen-bond donors (Lipinski definition) is 1. The number of piperazine rings is 1. The Labute approximate surface area is 139 Å². The summed E-state index contributed by atoms with van der Waals surface area (Å²) in [7, 11) is 0. The van der Waals surface area contributed by atoms with E-state index >= 15 is 0 Å². The molecule has 1 saturated heterocycles. The Balaban J connectivity index is 1.95. The first kappa shape index (κ1) is 16.2. The second-order valence-corrected chi connectivity index (χ2v) is 6.37. The average Bonchev–Trinajstić information content (AvgIpc) is 2.86. The number of oxime groups is 1. The highest BCUT2D eigenvalue weighted by Crippen LogP contribution is 2.31. The topological polar surface area (TPSA) is 88.1 Å². The van der Waals surface area contributed by atoms with Crippen molar-refractivity contribution >= 4 is 23.4 Å². The van der Waals surface area contributed by atoms with Crippen molar-refractivity contribution in [2.24, 2.45) is 5.16 Å². The van der Waals surface area contributed by atoms with E-state index in [1.54, 1.807) is 0 Å². The number of rotatable bonds is 1. The predicted octanol–water partition coefficient (Wildman–Crippen LogP) is 0.937. The van der Waals surface area contributed by atoms with Gasteiger partial charge >= 0.3 is 0 Å². The van der Waals surface area contributed by atoms with Gasteiger partial charge in [-0.1, -0.05) is 22.9 Å². The van der Waals surface area contributed by atoms with Crippen molar-refractivity contribution in [3.05, 3.63) is 34.4 Å². The number of nitrogens with zero attached hydrogens (tertiary/aromatic N) is 2. The van der Waals surface area contributed by atoms with Crippen LogP contribution in [0.3, 0.4) is 0 Å². The number of nitrogens with one attached hydrogen (secondary N) is 1. The van der Waals surface area contributed by atoms with E-state index in [0.29, 0.717) is 5.71 Å². The third-order valence-corrected chi connectivity index (χ3v) is 4.31. The summed E-state index contributed by atoms with van der Waals surface area (Å²) in [5.41, 5.74) is 3.03. The molecule has 1 N–H and O–H groups in total. The molecule has 1 unspecified atom stereocenters. The summed E-state index contributed by atoms with van der Waals surface area (Å²) in [6.07, 6.45) is 0.0894. The molecule has 7 nitrogen and oxygen atoms in total. The second kappa shape index (κ2) is 5.43. The molecular weight excluding hydrogens is 310 g/mol. The third kappa shape index (κ3) is 2.46. The normalized spacial score (nSPS) is 23.2. The molecule has 126 valence electrons. The lowest BCUT2D eigenvalue weighted by atomic mass is 9.91. The molecule has 0 radical (unpaired) electrons. The van der Waals surface area contributed by atoms with Crippen LogP contribution in [0.5, 0.6) is 0 Å². The van der Waals surface area contributed by atoms with Crippen LogP contribution in [0.4, 0.5) is 0 Å². The highest BCUT2D eigenvalue weighted by atomic mass is 16.7. The first-order valence-electron chi connectivity index (χ1n) is 7.70. The summed E-state index contributed by atoms with van der Waals surface area (Å²) in [5.74, 6) is -1.52. The van der Waals surface area contributed by atoms with Crippen LogP contribution < -0.4 is 5.32 Å². The SMILES string of the molecule is CC(=O)N1CC(=O)NC2(CC(c3c(C)cc(C)cc3C)=NO2)C1=O. The Morgan fingerprint density at radius 2 is 1.88 bits per heavy atom. The van der Waals surface area contributed by atoms with E-state index in [1.165, 1.54) is 6.92 Å². The maximum absolute atomic E-state index is 12.6. The monoisotopic (exact) mass is 329 g/mol. The summed E-state index contributed by atoms with van der Waals surface area (Å²) in [5, 5.41) is 6.61. The van der Waals surface area contributed by atoms with Gasteiger partial charge in [0, 0.05) is 12.5 Å². The summed E-state index contributed by atoms with van der Waals surface area (Å²) < 4.78 is 0. The molecule has 1 aromatic rings. The van der Waals surface area contributed by atoms with Gasteiger partial charge in [0.2, 0.25) is 11.8 Å². The molecule has 1 spiro atoms. The van der Waals surface area contributed by atoms with Crippen LogP contribution in [0.15, 0.2) is 17.3 Å². The average molecular weight is 329 g/mol. The van der Waals surface area contributed by atoms with E-state index in [0.717, 1.165) is 27.2 Å². The molecule has 1 aromatic carbocycles. The predicted molar refractivity (Wildman–Crippen MR) is 86.2 cm³/mol. The van der Waals surface area contributed by atoms with E-state index in [9.17, 15) is 14.4 Å². The number of amides is 3. The summed E-state index contributed by atoms with van der Waals surface area (Å²) in [6.45, 7) is 6.89. The Kier molecular flexibility index (Phi) is 3.66. The van der Waals surface area contributed by atoms with Gasteiger partial charge in [-0.2, -0.15) is 0 Å². The summed E-state index contributed by atoms with van der Waals surface area (Å²) >= 11 is 0. The zero-order valence-corrected chi connectivity index (χ0v) is 14.1. The third-order valence-electron chi connectivity index (χ3n) is 4.31. The minimum absolute atomic E-state index is 0.0894. The lowest BCUT2D eigenvalue weighted by molar-refractivity contribution is -0.175. The van der Waals surface area contributed by atoms with Gasteiger partial charge in [-0.25, -0.2) is 0 Å². The van der Waals surface area contributed by atoms with Crippen LogP contribution in [-0.4, -0.2) is 40.6 Å². The maximum Gasteiger partial charge on any atom is 0.298 e. The van der Waals surface area contributed by atoms with E-state index in [4.69, 9.17) is 4.84 Å². The van der Waals surface area contributed by atoms with Gasteiger partial charge < -0.3 is 10.2 Å². The van der Waals surface area contributed by atoms with E-state index in [2.05, 4.69) is 10.5 Å². The standard InChI is InChI=1S/C17H19N3O4/c1-9-5-10(2)15(11(3)6-9)13-7-17(24-19-13)16(23)20(12(4)21)8-14(22)18-17/h5-6H,7-8H2,1-4H3,(H,18,22). The minimum atomic E-state index is -1.62. The lowest BCUT2D eigenvalue weighted by Gasteiger charge is -2.35. The quantitative estimate of drug-likeness (QED) is 0.830. The number of imide groups is 1. The molecule has 1 fully saturated rings. The Hall–Kier alpha value is -2.70. The van der Waals surface area contributed by atoms with E-state index < -0.39 is 23.4 Å². The number of hydrogen-bond acceptors (Lipinski definition) is 5. The number of aryl methyl sites for hydroxylation is 3. The van der Waals surface area contributed by atoms with Gasteiger partial charge in [-0.05, 0) is 31.9 Å². The van der Waals surface area contributed by atoms with Crippen molar-refractivity contribution in [3.8, 4) is 0 Å². The highest BCUT2D eigenvalue weighted by molar-refractivity contribution is 6.12. The van der Waals surface area contributed by atoms with E-state index in [1.807, 2.05) is 32.9 Å². The van der Waals surface area contributed by atoms with Crippen molar-refractivity contribution in [1.82, 2.24) is 10.2 Å². The highest BCUT2D eigenvalue weighted by Gasteiger charge is 2.54. The van der Waals surface area contributed by atoms with Gasteiger partial charge in [0.15, 0.2) is 0 Å². The zero-order chi connectivity index (χ0) is 17.6. The molecule has 0 aromatic heterocycles. The molecule has 1 atom stereocenters. The molecule has 2 aliphatic rings. The Bertz CT molecular complexity index is 776. The van der Waals surface area contributed by atoms with Gasteiger partial charge in [0.25, 0.3) is 11.6 Å². The van der Waals surface area contributed by atoms with Crippen LogP contribution in [0.1, 0.15) is 35.6 Å². The van der Waals surface area contributed by atoms with Crippen LogP contribution >= 0.6 is 0 Å². The van der Waals surface area contributed by atoms with Crippen molar-refractivity contribution in [3.63, 3.8) is 0 Å². The molecule has 2 aliphatic heterocycles. The molecule has 0 aliphatic carbocycles. The van der Waals surface area contributed by atoms with Crippen LogP contribution in [0, 0.1) is 20.8 Å². The molecule has 24 heavy (non-hydrogen) atoms. The zero-order valence-electron chi connectivity index (χ0n) is 14.1. The molecule has 7 heteroatoms. The fourth-order valence-electron chi connectivity index (χ4n) is 3.39. The number of carbonyl (C=O) groups is 3. The van der Waals surface area contributed by atoms with Crippen molar-refractivity contribution in [2.75, 3.05) is 6.54 Å². The molecule has 3 amide bonds. The van der Waals surface area contributed by atoms with Crippen molar-refractivity contribution in [1.29, 1.82) is 0 Å². The summed E-state index contributed by atoms with van der Waals surface area (Å²) in [6, 6.07) is 4.05. The van der Waals surface area contributed by atoms with Crippen LogP contribution in [0.2, 0.25) is 0 Å². The fraction of sp³-hybridized carbons (Fsp3) is 0.412. The first-order valence-corrected chi connectivity index (χ1v) is 7.70. The van der Waals surface area contributed by atoms with Crippen LogP contribution in [-0.2, 0) is 19.2 Å². The Morgan fingerprint density at radius 3 is 2.46 bits per heavy atom. The van der Waals surface area contributed by atoms with Gasteiger partial charge in [-0.3, -0.25) is 19.3 Å². The van der Waals surface area contributed by atoms with Crippen molar-refractivity contribution in [2.45, 2.75) is 39.8 Å². The largest absolute Gasteiger partial charge is 0.356 e. The maximum atomic E-state index is 12.6. The van der Waals surface area contributed by atoms with Gasteiger partial charge in [0.1, 0.15) is 6.54 Å². The number of carbonyl (C=O) groups excluding carboxylic acids is 3. The van der Waals surface area contributed by atoms with Gasteiger partial charge in [-0.15, -0.1) is 0 Å². The van der Waals surface area contributed by atoms with Crippen molar-refractivity contribution < 1.29 is 19.2 Å². The fourth-order valence-corrected chi connectivity index (χ4v) is 3.39. The molecule has 3 rings (SSSR count). The van der Waals surface area contributed by atoms with Crippen LogP contribution in [0.25, 0.3) is 0 Å². The molecule has 0 bridgehead atoms. The lowest BCUT2D eigenvalue weighted by Crippen LogP contribution is -2.67. The minimum Gasteiger partial charge on any atom is -0.356 e. The second-order valence-electron chi connectivity index (χ2n) is 6.37. The Morgan fingerprint density at radius 1 is 1.25 bits per heavy atom. The summed E-state index contributed by atoms with van der Waals surface area (Å²) in [4.78, 5) is 42.4.